The summed E-state index contributed by atoms with van der Waals surface area (Å²) in [6.07, 6.45) is 0. The molecule has 4 aromatic rings. The van der Waals surface area contributed by atoms with Crippen LogP contribution in [0.5, 0.6) is 0 Å². The molecule has 1 amide bonds. The first-order chi connectivity index (χ1) is 14.5. The van der Waals surface area contributed by atoms with Crippen molar-refractivity contribution in [2.24, 2.45) is 0 Å². The van der Waals surface area contributed by atoms with Crippen molar-refractivity contribution < 1.29 is 9.21 Å². The number of hydrogen-bond acceptors (Lipinski definition) is 6. The second kappa shape index (κ2) is 7.25. The minimum Gasteiger partial charge on any atom is -0.422 e. The Morgan fingerprint density at radius 3 is 2.63 bits per heavy atom. The SMILES string of the molecule is Cc1cc(C)c2sc(N3CCN(C(=O)c4cc5ccccc5oc4=O)CC3)nc2c1. The van der Waals surface area contributed by atoms with Crippen LogP contribution in [0.1, 0.15) is 21.5 Å². The first-order valence-electron chi connectivity index (χ1n) is 9.94. The fourth-order valence-corrected chi connectivity index (χ4v) is 5.05. The van der Waals surface area contributed by atoms with Gasteiger partial charge in [-0.3, -0.25) is 4.79 Å². The molecule has 0 spiro atoms. The lowest BCUT2D eigenvalue weighted by Crippen LogP contribution is -2.49. The number of nitrogens with zero attached hydrogens (tertiary/aromatic N) is 3. The van der Waals surface area contributed by atoms with E-state index in [4.69, 9.17) is 9.40 Å². The van der Waals surface area contributed by atoms with Crippen LogP contribution >= 0.6 is 11.3 Å². The standard InChI is InChI=1S/C23H21N3O3S/c1-14-11-15(2)20-18(12-14)24-23(30-20)26-9-7-25(8-10-26)21(27)17-13-16-5-3-4-6-19(16)29-22(17)28/h3-6,11-13H,7-10H2,1-2H3. The maximum Gasteiger partial charge on any atom is 0.349 e. The number of anilines is 1. The lowest BCUT2D eigenvalue weighted by Gasteiger charge is -2.34. The third-order valence-corrected chi connectivity index (χ3v) is 6.79. The Labute approximate surface area is 177 Å². The fourth-order valence-electron chi connectivity index (χ4n) is 3.98. The molecule has 0 radical (unpaired) electrons. The number of fused-ring (bicyclic) bond motifs is 2. The number of carbonyl (C=O) groups is 1. The summed E-state index contributed by atoms with van der Waals surface area (Å²) in [6.45, 7) is 6.64. The molecule has 7 heteroatoms. The summed E-state index contributed by atoms with van der Waals surface area (Å²) in [5.74, 6) is -0.273. The van der Waals surface area contributed by atoms with Gasteiger partial charge in [-0.25, -0.2) is 9.78 Å². The maximum atomic E-state index is 13.0. The zero-order chi connectivity index (χ0) is 20.8. The van der Waals surface area contributed by atoms with Crippen LogP contribution in [-0.4, -0.2) is 42.0 Å². The van der Waals surface area contributed by atoms with Gasteiger partial charge in [0.25, 0.3) is 5.91 Å². The van der Waals surface area contributed by atoms with Gasteiger partial charge in [0.2, 0.25) is 0 Å². The van der Waals surface area contributed by atoms with Crippen molar-refractivity contribution in [1.29, 1.82) is 0 Å². The number of benzene rings is 2. The van der Waals surface area contributed by atoms with Crippen LogP contribution in [0.3, 0.4) is 0 Å². The molecular formula is C23H21N3O3S. The zero-order valence-corrected chi connectivity index (χ0v) is 17.7. The smallest absolute Gasteiger partial charge is 0.349 e. The Morgan fingerprint density at radius 2 is 1.83 bits per heavy atom. The second-order valence-electron chi connectivity index (χ2n) is 7.69. The van der Waals surface area contributed by atoms with E-state index in [2.05, 4.69) is 30.9 Å². The molecular weight excluding hydrogens is 398 g/mol. The van der Waals surface area contributed by atoms with Gasteiger partial charge in [0.1, 0.15) is 11.1 Å². The number of rotatable bonds is 2. The predicted octanol–water partition coefficient (Wildman–Crippen LogP) is 3.98. The Balaban J connectivity index is 1.35. The molecule has 0 aliphatic carbocycles. The van der Waals surface area contributed by atoms with Crippen LogP contribution in [0.15, 0.2) is 51.7 Å². The molecule has 3 heterocycles. The number of thiazole rings is 1. The number of piperazine rings is 1. The quantitative estimate of drug-likeness (QED) is 0.460. The number of aryl methyl sites for hydroxylation is 2. The van der Waals surface area contributed by atoms with Crippen LogP contribution in [0.4, 0.5) is 5.13 Å². The monoisotopic (exact) mass is 419 g/mol. The molecule has 2 aromatic heterocycles. The highest BCUT2D eigenvalue weighted by atomic mass is 32.1. The Morgan fingerprint density at radius 1 is 1.07 bits per heavy atom. The van der Waals surface area contributed by atoms with Gasteiger partial charge in [-0.1, -0.05) is 35.6 Å². The molecule has 2 aromatic carbocycles. The van der Waals surface area contributed by atoms with E-state index in [1.54, 1.807) is 34.4 Å². The number of aromatic nitrogens is 1. The van der Waals surface area contributed by atoms with Crippen molar-refractivity contribution in [1.82, 2.24) is 9.88 Å². The topological polar surface area (TPSA) is 66.7 Å². The van der Waals surface area contributed by atoms with Crippen molar-refractivity contribution in [3.8, 4) is 0 Å². The van der Waals surface area contributed by atoms with Crippen molar-refractivity contribution in [2.45, 2.75) is 13.8 Å². The highest BCUT2D eigenvalue weighted by Gasteiger charge is 2.26. The summed E-state index contributed by atoms with van der Waals surface area (Å²) >= 11 is 1.70. The first-order valence-corrected chi connectivity index (χ1v) is 10.8. The summed E-state index contributed by atoms with van der Waals surface area (Å²) in [6, 6.07) is 13.1. The zero-order valence-electron chi connectivity index (χ0n) is 16.8. The summed E-state index contributed by atoms with van der Waals surface area (Å²) in [5.41, 5.74) is 3.48. The normalized spacial score (nSPS) is 14.6. The number of amides is 1. The number of para-hydroxylation sites is 1. The minimum absolute atomic E-state index is 0.0910. The molecule has 0 N–H and O–H groups in total. The molecule has 1 saturated heterocycles. The van der Waals surface area contributed by atoms with Gasteiger partial charge < -0.3 is 14.2 Å². The Bertz CT molecular complexity index is 1330. The van der Waals surface area contributed by atoms with Gasteiger partial charge in [0.05, 0.1) is 10.2 Å². The lowest BCUT2D eigenvalue weighted by atomic mass is 10.1. The number of hydrogen-bond donors (Lipinski definition) is 0. The fraction of sp³-hybridized carbons (Fsp3) is 0.261. The van der Waals surface area contributed by atoms with E-state index < -0.39 is 5.63 Å². The van der Waals surface area contributed by atoms with E-state index in [9.17, 15) is 9.59 Å². The summed E-state index contributed by atoms with van der Waals surface area (Å²) < 4.78 is 6.54. The summed E-state index contributed by atoms with van der Waals surface area (Å²) in [5, 5.41) is 1.73. The second-order valence-corrected chi connectivity index (χ2v) is 8.67. The summed E-state index contributed by atoms with van der Waals surface area (Å²) in [7, 11) is 0. The Hall–Kier alpha value is -3.19. The highest BCUT2D eigenvalue weighted by Crippen LogP contribution is 2.32. The number of carbonyl (C=O) groups excluding carboxylic acids is 1. The molecule has 0 saturated carbocycles. The van der Waals surface area contributed by atoms with Crippen molar-refractivity contribution in [2.75, 3.05) is 31.1 Å². The predicted molar refractivity (Wildman–Crippen MR) is 120 cm³/mol. The van der Waals surface area contributed by atoms with E-state index in [0.717, 1.165) is 16.0 Å². The average Bonchev–Trinajstić information content (AvgIpc) is 3.17. The Kier molecular flexibility index (Phi) is 4.55. The van der Waals surface area contributed by atoms with Gasteiger partial charge in [0.15, 0.2) is 5.13 Å². The van der Waals surface area contributed by atoms with Crippen LogP contribution < -0.4 is 10.5 Å². The van der Waals surface area contributed by atoms with Gasteiger partial charge in [0, 0.05) is 31.6 Å². The molecule has 0 unspecified atom stereocenters. The molecule has 1 aliphatic heterocycles. The highest BCUT2D eigenvalue weighted by molar-refractivity contribution is 7.22. The van der Waals surface area contributed by atoms with E-state index in [0.29, 0.717) is 31.8 Å². The summed E-state index contributed by atoms with van der Waals surface area (Å²) in [4.78, 5) is 34.0. The largest absolute Gasteiger partial charge is 0.422 e. The molecule has 152 valence electrons. The molecule has 1 fully saturated rings. The van der Waals surface area contributed by atoms with Crippen LogP contribution in [0.25, 0.3) is 21.2 Å². The first kappa shape index (κ1) is 18.8. The van der Waals surface area contributed by atoms with E-state index in [1.165, 1.54) is 15.8 Å². The molecule has 30 heavy (non-hydrogen) atoms. The minimum atomic E-state index is -0.585. The average molecular weight is 420 g/mol. The van der Waals surface area contributed by atoms with Crippen LogP contribution in [-0.2, 0) is 0 Å². The molecule has 1 aliphatic rings. The van der Waals surface area contributed by atoms with Crippen LogP contribution in [0.2, 0.25) is 0 Å². The van der Waals surface area contributed by atoms with Crippen molar-refractivity contribution in [3.05, 3.63) is 69.6 Å². The van der Waals surface area contributed by atoms with Crippen molar-refractivity contribution in [3.63, 3.8) is 0 Å². The third-order valence-electron chi connectivity index (χ3n) is 5.52. The van der Waals surface area contributed by atoms with E-state index in [-0.39, 0.29) is 11.5 Å². The van der Waals surface area contributed by atoms with E-state index >= 15 is 0 Å². The molecule has 0 bridgehead atoms. The molecule has 6 nitrogen and oxygen atoms in total. The maximum absolute atomic E-state index is 13.0. The van der Waals surface area contributed by atoms with Gasteiger partial charge in [-0.2, -0.15) is 0 Å². The lowest BCUT2D eigenvalue weighted by molar-refractivity contribution is 0.0742. The molecule has 5 rings (SSSR count). The molecule has 0 atom stereocenters. The van der Waals surface area contributed by atoms with Gasteiger partial charge in [-0.15, -0.1) is 0 Å². The third kappa shape index (κ3) is 3.25. The van der Waals surface area contributed by atoms with Crippen LogP contribution in [0, 0.1) is 13.8 Å². The van der Waals surface area contributed by atoms with Gasteiger partial charge in [-0.05, 0) is 43.2 Å². The van der Waals surface area contributed by atoms with E-state index in [1.807, 2.05) is 12.1 Å². The van der Waals surface area contributed by atoms with Gasteiger partial charge >= 0.3 is 5.63 Å². The van der Waals surface area contributed by atoms with Crippen molar-refractivity contribution >= 4 is 43.6 Å².